The lowest BCUT2D eigenvalue weighted by molar-refractivity contribution is 0.187. The van der Waals surface area contributed by atoms with Crippen LogP contribution in [0.25, 0.3) is 0 Å². The number of hydrogen-bond acceptors (Lipinski definition) is 6. The molecule has 2 rings (SSSR count). The Morgan fingerprint density at radius 1 is 1.50 bits per heavy atom. The summed E-state index contributed by atoms with van der Waals surface area (Å²) in [5.41, 5.74) is 0.808. The molecule has 1 fully saturated rings. The lowest BCUT2D eigenvalue weighted by Crippen LogP contribution is -2.32. The van der Waals surface area contributed by atoms with Crippen LogP contribution in [-0.2, 0) is 14.6 Å². The summed E-state index contributed by atoms with van der Waals surface area (Å²) in [6.45, 7) is 0. The lowest BCUT2D eigenvalue weighted by atomic mass is 10.2. The van der Waals surface area contributed by atoms with Gasteiger partial charge in [-0.15, -0.1) is 0 Å². The number of amides is 1. The van der Waals surface area contributed by atoms with Crippen molar-refractivity contribution in [2.24, 2.45) is 0 Å². The van der Waals surface area contributed by atoms with Gasteiger partial charge in [-0.3, -0.25) is 5.32 Å². The van der Waals surface area contributed by atoms with Crippen LogP contribution >= 0.6 is 0 Å². The number of ether oxygens (including phenoxy) is 1. The van der Waals surface area contributed by atoms with Gasteiger partial charge in [-0.1, -0.05) is 0 Å². The zero-order valence-electron chi connectivity index (χ0n) is 11.4. The molecular weight excluding hydrogens is 282 g/mol. The minimum Gasteiger partial charge on any atom is -0.453 e. The van der Waals surface area contributed by atoms with Crippen molar-refractivity contribution in [3.63, 3.8) is 0 Å². The number of nitrogens with zero attached hydrogens (tertiary/aromatic N) is 2. The average molecular weight is 299 g/mol. The maximum atomic E-state index is 11.5. The number of sulfone groups is 1. The Bertz CT molecular complexity index is 585. The molecule has 7 nitrogen and oxygen atoms in total. The van der Waals surface area contributed by atoms with E-state index in [1.54, 1.807) is 18.3 Å². The first-order valence-corrected chi connectivity index (χ1v) is 7.98. The van der Waals surface area contributed by atoms with E-state index in [9.17, 15) is 13.2 Å². The van der Waals surface area contributed by atoms with E-state index < -0.39 is 15.9 Å². The fourth-order valence-corrected chi connectivity index (χ4v) is 3.89. The number of methoxy groups -OCH3 is 1. The average Bonchev–Trinajstić information content (AvgIpc) is 2.79. The summed E-state index contributed by atoms with van der Waals surface area (Å²) in [7, 11) is 0.207. The van der Waals surface area contributed by atoms with E-state index in [2.05, 4.69) is 15.0 Å². The molecule has 0 radical (unpaired) electrons. The van der Waals surface area contributed by atoms with Crippen LogP contribution < -0.4 is 10.2 Å². The third-order valence-electron chi connectivity index (χ3n) is 3.33. The maximum absolute atomic E-state index is 11.5. The lowest BCUT2D eigenvalue weighted by Gasteiger charge is -2.25. The van der Waals surface area contributed by atoms with Gasteiger partial charge in [0, 0.05) is 13.1 Å². The summed E-state index contributed by atoms with van der Waals surface area (Å²) in [4.78, 5) is 17.0. The highest BCUT2D eigenvalue weighted by molar-refractivity contribution is 7.91. The normalized spacial score (nSPS) is 20.4. The summed E-state index contributed by atoms with van der Waals surface area (Å²) >= 11 is 0. The maximum Gasteiger partial charge on any atom is 0.412 e. The van der Waals surface area contributed by atoms with E-state index in [-0.39, 0.29) is 17.5 Å². The van der Waals surface area contributed by atoms with E-state index in [0.717, 1.165) is 5.69 Å². The Kier molecular flexibility index (Phi) is 4.12. The minimum atomic E-state index is -2.91. The monoisotopic (exact) mass is 299 g/mol. The van der Waals surface area contributed by atoms with E-state index >= 15 is 0 Å². The van der Waals surface area contributed by atoms with Crippen molar-refractivity contribution >= 4 is 27.4 Å². The molecule has 1 aromatic rings. The number of rotatable bonds is 3. The molecule has 1 aromatic heterocycles. The van der Waals surface area contributed by atoms with Gasteiger partial charge < -0.3 is 9.64 Å². The predicted octanol–water partition coefficient (Wildman–Crippen LogP) is 0.883. The number of pyridine rings is 1. The van der Waals surface area contributed by atoms with Gasteiger partial charge in [-0.05, 0) is 18.6 Å². The van der Waals surface area contributed by atoms with Crippen LogP contribution in [-0.4, -0.2) is 51.2 Å². The molecule has 0 aliphatic carbocycles. The number of carbonyl (C=O) groups is 1. The Morgan fingerprint density at radius 3 is 2.75 bits per heavy atom. The van der Waals surface area contributed by atoms with Crippen molar-refractivity contribution in [2.75, 3.05) is 35.9 Å². The third kappa shape index (κ3) is 3.38. The van der Waals surface area contributed by atoms with Gasteiger partial charge in [0.05, 0.1) is 30.5 Å². The molecule has 1 atom stereocenters. The second-order valence-electron chi connectivity index (χ2n) is 4.69. The molecular formula is C12H17N3O4S. The standard InChI is InChI=1S/C12H17N3O4S/c1-15(10-5-6-20(17,18)8-10)9-3-4-11(13-7-9)14-12(16)19-2/h3-4,7,10H,5-6,8H2,1-2H3,(H,13,14,16). The number of nitrogens with one attached hydrogen (secondary N) is 1. The van der Waals surface area contributed by atoms with Gasteiger partial charge >= 0.3 is 6.09 Å². The van der Waals surface area contributed by atoms with Crippen LogP contribution in [0.3, 0.4) is 0 Å². The number of carbonyl (C=O) groups excluding carboxylic acids is 1. The highest BCUT2D eigenvalue weighted by atomic mass is 32.2. The molecule has 0 aromatic carbocycles. The second-order valence-corrected chi connectivity index (χ2v) is 6.91. The van der Waals surface area contributed by atoms with Crippen molar-refractivity contribution in [1.29, 1.82) is 0 Å². The third-order valence-corrected chi connectivity index (χ3v) is 5.08. The first-order chi connectivity index (χ1) is 9.41. The summed E-state index contributed by atoms with van der Waals surface area (Å²) in [6.07, 6.45) is 1.64. The Labute approximate surface area is 117 Å². The molecule has 1 N–H and O–H groups in total. The molecule has 1 aliphatic heterocycles. The van der Waals surface area contributed by atoms with E-state index in [4.69, 9.17) is 0 Å². The Morgan fingerprint density at radius 2 is 2.25 bits per heavy atom. The quantitative estimate of drug-likeness (QED) is 0.891. The minimum absolute atomic E-state index is 0.0267. The molecule has 20 heavy (non-hydrogen) atoms. The summed E-state index contributed by atoms with van der Waals surface area (Å²) in [6, 6.07) is 3.40. The highest BCUT2D eigenvalue weighted by Gasteiger charge is 2.30. The molecule has 1 aliphatic rings. The van der Waals surface area contributed by atoms with Gasteiger partial charge in [0.1, 0.15) is 5.82 Å². The molecule has 2 heterocycles. The van der Waals surface area contributed by atoms with Gasteiger partial charge in [0.2, 0.25) is 0 Å². The Hall–Kier alpha value is -1.83. The van der Waals surface area contributed by atoms with Crippen LogP contribution in [0.2, 0.25) is 0 Å². The summed E-state index contributed by atoms with van der Waals surface area (Å²) in [5, 5.41) is 2.45. The van der Waals surface area contributed by atoms with Crippen LogP contribution in [0.4, 0.5) is 16.3 Å². The molecule has 1 saturated heterocycles. The predicted molar refractivity (Wildman–Crippen MR) is 75.7 cm³/mol. The number of anilines is 2. The first kappa shape index (κ1) is 14.6. The summed E-state index contributed by atoms with van der Waals surface area (Å²) in [5.74, 6) is 0.788. The highest BCUT2D eigenvalue weighted by Crippen LogP contribution is 2.22. The topological polar surface area (TPSA) is 88.6 Å². The van der Waals surface area contributed by atoms with E-state index in [1.807, 2.05) is 11.9 Å². The van der Waals surface area contributed by atoms with Gasteiger partial charge in [-0.25, -0.2) is 18.2 Å². The van der Waals surface area contributed by atoms with Gasteiger partial charge in [0.15, 0.2) is 9.84 Å². The van der Waals surface area contributed by atoms with E-state index in [0.29, 0.717) is 12.2 Å². The fourth-order valence-electron chi connectivity index (χ4n) is 2.12. The van der Waals surface area contributed by atoms with Crippen molar-refractivity contribution < 1.29 is 17.9 Å². The molecule has 8 heteroatoms. The van der Waals surface area contributed by atoms with E-state index in [1.165, 1.54) is 7.11 Å². The fraction of sp³-hybridized carbons (Fsp3) is 0.500. The van der Waals surface area contributed by atoms with Crippen LogP contribution in [0, 0.1) is 0 Å². The zero-order valence-corrected chi connectivity index (χ0v) is 12.2. The largest absolute Gasteiger partial charge is 0.453 e. The zero-order chi connectivity index (χ0) is 14.8. The van der Waals surface area contributed by atoms with Gasteiger partial charge in [-0.2, -0.15) is 0 Å². The number of aromatic nitrogens is 1. The smallest absolute Gasteiger partial charge is 0.412 e. The Balaban J connectivity index is 2.04. The molecule has 1 amide bonds. The van der Waals surface area contributed by atoms with Crippen molar-refractivity contribution in [3.05, 3.63) is 18.3 Å². The first-order valence-electron chi connectivity index (χ1n) is 6.15. The van der Waals surface area contributed by atoms with Crippen LogP contribution in [0.5, 0.6) is 0 Å². The SMILES string of the molecule is COC(=O)Nc1ccc(N(C)C2CCS(=O)(=O)C2)cn1. The molecule has 0 spiro atoms. The molecule has 1 unspecified atom stereocenters. The van der Waals surface area contributed by atoms with Crippen molar-refractivity contribution in [2.45, 2.75) is 12.5 Å². The second kappa shape index (κ2) is 5.66. The van der Waals surface area contributed by atoms with Crippen LogP contribution in [0.15, 0.2) is 18.3 Å². The molecule has 0 bridgehead atoms. The van der Waals surface area contributed by atoms with Crippen LogP contribution in [0.1, 0.15) is 6.42 Å². The van der Waals surface area contributed by atoms with Crippen molar-refractivity contribution in [1.82, 2.24) is 4.98 Å². The molecule has 0 saturated carbocycles. The van der Waals surface area contributed by atoms with Crippen molar-refractivity contribution in [3.8, 4) is 0 Å². The molecule has 110 valence electrons. The van der Waals surface area contributed by atoms with Gasteiger partial charge in [0.25, 0.3) is 0 Å². The summed E-state index contributed by atoms with van der Waals surface area (Å²) < 4.78 is 27.4. The number of hydrogen-bond donors (Lipinski definition) is 1.